The van der Waals surface area contributed by atoms with Crippen LogP contribution in [0.3, 0.4) is 0 Å². The van der Waals surface area contributed by atoms with Crippen molar-refractivity contribution in [1.82, 2.24) is 15.1 Å². The van der Waals surface area contributed by atoms with Gasteiger partial charge in [-0.1, -0.05) is 6.08 Å². The van der Waals surface area contributed by atoms with Crippen molar-refractivity contribution in [2.24, 2.45) is 0 Å². The summed E-state index contributed by atoms with van der Waals surface area (Å²) in [6.45, 7) is 5.24. The maximum Gasteiger partial charge on any atom is 0.222 e. The van der Waals surface area contributed by atoms with Crippen molar-refractivity contribution in [2.75, 3.05) is 13.1 Å². The second-order valence-corrected chi connectivity index (χ2v) is 5.74. The molecule has 2 aliphatic rings. The van der Waals surface area contributed by atoms with E-state index in [1.54, 1.807) is 6.08 Å². The number of likely N-dealkylation sites (tertiary alicyclic amines) is 1. The van der Waals surface area contributed by atoms with Crippen molar-refractivity contribution in [1.29, 1.82) is 0 Å². The Balaban J connectivity index is 1.52. The summed E-state index contributed by atoms with van der Waals surface area (Å²) in [6, 6.07) is 0. The Bertz CT molecular complexity index is 485. The van der Waals surface area contributed by atoms with Crippen molar-refractivity contribution < 1.29 is 9.21 Å². The van der Waals surface area contributed by atoms with E-state index >= 15 is 0 Å². The standard InChI is InChI=1S/C15H21N3O2/c1-2-3-4-13(19)18-9-7-12(8-10-18)15-17-16-14(20-15)11-5-6-11/h2,11-12H,1,3-10H2. The van der Waals surface area contributed by atoms with Crippen LogP contribution in [-0.2, 0) is 4.79 Å². The molecule has 1 aliphatic heterocycles. The van der Waals surface area contributed by atoms with Crippen LogP contribution >= 0.6 is 0 Å². The topological polar surface area (TPSA) is 59.2 Å². The van der Waals surface area contributed by atoms with E-state index < -0.39 is 0 Å². The SMILES string of the molecule is C=CCCC(=O)N1CCC(c2nnc(C3CC3)o2)CC1. The van der Waals surface area contributed by atoms with E-state index in [-0.39, 0.29) is 5.91 Å². The minimum absolute atomic E-state index is 0.229. The zero-order valence-corrected chi connectivity index (χ0v) is 11.8. The number of allylic oxidation sites excluding steroid dienone is 1. The van der Waals surface area contributed by atoms with Crippen molar-refractivity contribution in [3.63, 3.8) is 0 Å². The van der Waals surface area contributed by atoms with Crippen LogP contribution in [0, 0.1) is 0 Å². The van der Waals surface area contributed by atoms with E-state index in [9.17, 15) is 4.79 Å². The Morgan fingerprint density at radius 2 is 1.80 bits per heavy atom. The molecule has 1 aromatic heterocycles. The Morgan fingerprint density at radius 3 is 2.35 bits per heavy atom. The minimum Gasteiger partial charge on any atom is -0.425 e. The number of hydrogen-bond acceptors (Lipinski definition) is 4. The predicted molar refractivity (Wildman–Crippen MR) is 74.3 cm³/mol. The normalized spacial score (nSPS) is 20.1. The van der Waals surface area contributed by atoms with Gasteiger partial charge in [0.25, 0.3) is 0 Å². The van der Waals surface area contributed by atoms with Gasteiger partial charge in [-0.25, -0.2) is 0 Å². The van der Waals surface area contributed by atoms with Gasteiger partial charge < -0.3 is 9.32 Å². The molecule has 5 heteroatoms. The highest BCUT2D eigenvalue weighted by molar-refractivity contribution is 5.76. The number of hydrogen-bond donors (Lipinski definition) is 0. The second-order valence-electron chi connectivity index (χ2n) is 5.74. The van der Waals surface area contributed by atoms with Gasteiger partial charge in [0.1, 0.15) is 0 Å². The first-order valence-electron chi connectivity index (χ1n) is 7.50. The first kappa shape index (κ1) is 13.3. The Hall–Kier alpha value is -1.65. The maximum atomic E-state index is 11.9. The molecule has 0 bridgehead atoms. The van der Waals surface area contributed by atoms with Crippen LogP contribution in [0.4, 0.5) is 0 Å². The van der Waals surface area contributed by atoms with Crippen LogP contribution in [0.5, 0.6) is 0 Å². The fraction of sp³-hybridized carbons (Fsp3) is 0.667. The van der Waals surface area contributed by atoms with E-state index in [0.717, 1.165) is 44.1 Å². The molecule has 0 unspecified atom stereocenters. The van der Waals surface area contributed by atoms with Crippen LogP contribution in [0.15, 0.2) is 17.1 Å². The molecule has 2 fully saturated rings. The third-order valence-electron chi connectivity index (χ3n) is 4.14. The minimum atomic E-state index is 0.229. The van der Waals surface area contributed by atoms with Gasteiger partial charge in [-0.3, -0.25) is 4.79 Å². The van der Waals surface area contributed by atoms with E-state index in [1.165, 1.54) is 12.8 Å². The molecule has 0 aromatic carbocycles. The molecule has 20 heavy (non-hydrogen) atoms. The number of rotatable bonds is 5. The summed E-state index contributed by atoms with van der Waals surface area (Å²) >= 11 is 0. The molecule has 0 spiro atoms. The quantitative estimate of drug-likeness (QED) is 0.775. The highest BCUT2D eigenvalue weighted by Crippen LogP contribution is 2.40. The van der Waals surface area contributed by atoms with Crippen LogP contribution < -0.4 is 0 Å². The Labute approximate surface area is 119 Å². The summed E-state index contributed by atoms with van der Waals surface area (Å²) in [5.74, 6) is 2.64. The summed E-state index contributed by atoms with van der Waals surface area (Å²) in [5.41, 5.74) is 0. The molecule has 1 saturated carbocycles. The van der Waals surface area contributed by atoms with Crippen LogP contribution in [-0.4, -0.2) is 34.1 Å². The predicted octanol–water partition coefficient (Wildman–Crippen LogP) is 2.62. The zero-order valence-electron chi connectivity index (χ0n) is 11.8. The number of piperidine rings is 1. The first-order chi connectivity index (χ1) is 9.78. The molecule has 1 saturated heterocycles. The molecule has 0 N–H and O–H groups in total. The first-order valence-corrected chi connectivity index (χ1v) is 7.50. The van der Waals surface area contributed by atoms with Gasteiger partial charge in [-0.15, -0.1) is 16.8 Å². The average Bonchev–Trinajstić information content (AvgIpc) is 3.22. The average molecular weight is 275 g/mol. The van der Waals surface area contributed by atoms with Gasteiger partial charge in [0.05, 0.1) is 0 Å². The Kier molecular flexibility index (Phi) is 3.85. The fourth-order valence-corrected chi connectivity index (χ4v) is 2.67. The fourth-order valence-electron chi connectivity index (χ4n) is 2.67. The molecular formula is C15H21N3O2. The van der Waals surface area contributed by atoms with Crippen LogP contribution in [0.25, 0.3) is 0 Å². The molecule has 3 rings (SSSR count). The molecule has 108 valence electrons. The molecule has 1 amide bonds. The molecule has 1 aromatic rings. The Morgan fingerprint density at radius 1 is 1.20 bits per heavy atom. The van der Waals surface area contributed by atoms with E-state index in [0.29, 0.717) is 18.3 Å². The van der Waals surface area contributed by atoms with Gasteiger partial charge >= 0.3 is 0 Å². The molecule has 0 radical (unpaired) electrons. The lowest BCUT2D eigenvalue weighted by molar-refractivity contribution is -0.132. The lowest BCUT2D eigenvalue weighted by Gasteiger charge is -2.30. The lowest BCUT2D eigenvalue weighted by Crippen LogP contribution is -2.37. The third kappa shape index (κ3) is 2.92. The highest BCUT2D eigenvalue weighted by Gasteiger charge is 2.32. The number of amides is 1. The van der Waals surface area contributed by atoms with Gasteiger partial charge in [0, 0.05) is 31.3 Å². The van der Waals surface area contributed by atoms with Crippen molar-refractivity contribution in [2.45, 2.75) is 50.4 Å². The highest BCUT2D eigenvalue weighted by atomic mass is 16.4. The summed E-state index contributed by atoms with van der Waals surface area (Å²) in [7, 11) is 0. The third-order valence-corrected chi connectivity index (χ3v) is 4.14. The second kappa shape index (κ2) is 5.77. The molecule has 0 atom stereocenters. The number of nitrogens with zero attached hydrogens (tertiary/aromatic N) is 3. The summed E-state index contributed by atoms with van der Waals surface area (Å²) in [4.78, 5) is 13.9. The van der Waals surface area contributed by atoms with Crippen LogP contribution in [0.1, 0.15) is 62.1 Å². The summed E-state index contributed by atoms with van der Waals surface area (Å²) in [5, 5.41) is 8.33. The van der Waals surface area contributed by atoms with Gasteiger partial charge in [-0.2, -0.15) is 0 Å². The molecule has 5 nitrogen and oxygen atoms in total. The number of carbonyl (C=O) groups excluding carboxylic acids is 1. The monoisotopic (exact) mass is 275 g/mol. The largest absolute Gasteiger partial charge is 0.425 e. The van der Waals surface area contributed by atoms with Crippen LogP contribution in [0.2, 0.25) is 0 Å². The summed E-state index contributed by atoms with van der Waals surface area (Å²) < 4.78 is 5.77. The number of carbonyl (C=O) groups is 1. The zero-order chi connectivity index (χ0) is 13.9. The van der Waals surface area contributed by atoms with Gasteiger partial charge in [-0.05, 0) is 32.1 Å². The number of aromatic nitrogens is 2. The van der Waals surface area contributed by atoms with E-state index in [1.807, 2.05) is 4.90 Å². The van der Waals surface area contributed by atoms with E-state index in [4.69, 9.17) is 4.42 Å². The smallest absolute Gasteiger partial charge is 0.222 e. The van der Waals surface area contributed by atoms with Crippen molar-refractivity contribution >= 4 is 5.91 Å². The van der Waals surface area contributed by atoms with E-state index in [2.05, 4.69) is 16.8 Å². The lowest BCUT2D eigenvalue weighted by atomic mass is 9.96. The maximum absolute atomic E-state index is 11.9. The molecule has 1 aliphatic carbocycles. The summed E-state index contributed by atoms with van der Waals surface area (Å²) in [6.07, 6.45) is 7.32. The molecule has 2 heterocycles. The van der Waals surface area contributed by atoms with Gasteiger partial charge in [0.2, 0.25) is 17.7 Å². The van der Waals surface area contributed by atoms with Crippen molar-refractivity contribution in [3.05, 3.63) is 24.4 Å². The molecular weight excluding hydrogens is 254 g/mol. The van der Waals surface area contributed by atoms with Crippen molar-refractivity contribution in [3.8, 4) is 0 Å². The van der Waals surface area contributed by atoms with Gasteiger partial charge in [0.15, 0.2) is 0 Å².